The van der Waals surface area contributed by atoms with Crippen LogP contribution in [0.3, 0.4) is 0 Å². The molecule has 1 aliphatic rings. The maximum atomic E-state index is 14.1. The maximum Gasteiger partial charge on any atom is 0.277 e. The molecule has 0 aliphatic carbocycles. The molecule has 32 heavy (non-hydrogen) atoms. The highest BCUT2D eigenvalue weighted by Crippen LogP contribution is 2.35. The minimum atomic E-state index is -1.18. The molecule has 1 aliphatic heterocycles. The number of nitrogens with two attached hydrogens (primary N) is 2. The van der Waals surface area contributed by atoms with Crippen molar-refractivity contribution in [2.75, 3.05) is 17.7 Å². The van der Waals surface area contributed by atoms with Gasteiger partial charge in [-0.05, 0) is 25.0 Å². The average Bonchev–Trinajstić information content (AvgIpc) is 3.25. The van der Waals surface area contributed by atoms with Crippen molar-refractivity contribution >= 4 is 27.9 Å². The van der Waals surface area contributed by atoms with Crippen LogP contribution in [0.1, 0.15) is 35.1 Å². The number of thiazole rings is 1. The number of carbonyl (C=O) groups excluding carboxylic acids is 1. The second kappa shape index (κ2) is 8.88. The Morgan fingerprint density at radius 3 is 2.75 bits per heavy atom. The molecule has 2 aromatic heterocycles. The van der Waals surface area contributed by atoms with Crippen LogP contribution < -0.4 is 16.8 Å². The number of ether oxygens (including phenoxy) is 1. The summed E-state index contributed by atoms with van der Waals surface area (Å²) in [6.45, 7) is 0.0288. The number of nitrogens with zero attached hydrogens (tertiary/aromatic N) is 3. The van der Waals surface area contributed by atoms with E-state index in [-0.39, 0.29) is 34.3 Å². The van der Waals surface area contributed by atoms with Crippen molar-refractivity contribution in [3.05, 3.63) is 47.4 Å². The Labute approximate surface area is 185 Å². The summed E-state index contributed by atoms with van der Waals surface area (Å²) < 4.78 is 49.4. The fourth-order valence-electron chi connectivity index (χ4n) is 3.57. The highest BCUT2D eigenvalue weighted by atomic mass is 32.1. The second-order valence-electron chi connectivity index (χ2n) is 7.43. The lowest BCUT2D eigenvalue weighted by Gasteiger charge is -2.18. The van der Waals surface area contributed by atoms with Gasteiger partial charge in [-0.3, -0.25) is 9.48 Å². The van der Waals surface area contributed by atoms with Crippen molar-refractivity contribution in [2.45, 2.75) is 31.2 Å². The smallest absolute Gasteiger partial charge is 0.277 e. The summed E-state index contributed by atoms with van der Waals surface area (Å²) in [6, 6.07) is 2.70. The van der Waals surface area contributed by atoms with Gasteiger partial charge in [0.2, 0.25) is 0 Å². The van der Waals surface area contributed by atoms with E-state index in [1.807, 2.05) is 0 Å². The first-order valence-corrected chi connectivity index (χ1v) is 10.6. The van der Waals surface area contributed by atoms with Crippen LogP contribution in [-0.4, -0.2) is 39.5 Å². The summed E-state index contributed by atoms with van der Waals surface area (Å²) in [6.07, 6.45) is 0.279. The molecular formula is C20H21F3N6O2S. The Kier molecular flexibility index (Phi) is 6.17. The quantitative estimate of drug-likeness (QED) is 0.543. The summed E-state index contributed by atoms with van der Waals surface area (Å²) in [5, 5.41) is 6.78. The lowest BCUT2D eigenvalue weighted by atomic mass is 10.1. The molecule has 0 bridgehead atoms. The monoisotopic (exact) mass is 466 g/mol. The fourth-order valence-corrected chi connectivity index (χ4v) is 4.44. The number of carbonyl (C=O) groups is 1. The van der Waals surface area contributed by atoms with Gasteiger partial charge in [-0.1, -0.05) is 17.4 Å². The number of amides is 1. The van der Waals surface area contributed by atoms with Gasteiger partial charge in [0.25, 0.3) is 5.91 Å². The highest BCUT2D eigenvalue weighted by Gasteiger charge is 2.30. The van der Waals surface area contributed by atoms with Crippen LogP contribution >= 0.6 is 11.3 Å². The number of benzene rings is 1. The number of halogens is 3. The minimum Gasteiger partial charge on any atom is -0.389 e. The number of rotatable bonds is 4. The molecule has 1 amide bonds. The first kappa shape index (κ1) is 22.2. The van der Waals surface area contributed by atoms with E-state index in [0.29, 0.717) is 17.8 Å². The fraction of sp³-hybridized carbons (Fsp3) is 0.350. The van der Waals surface area contributed by atoms with Crippen LogP contribution in [-0.2, 0) is 11.8 Å². The molecule has 1 saturated heterocycles. The number of nitrogen functional groups attached to an aromatic ring is 1. The highest BCUT2D eigenvalue weighted by molar-refractivity contribution is 7.19. The van der Waals surface area contributed by atoms with E-state index in [9.17, 15) is 18.0 Å². The molecule has 12 heteroatoms. The molecular weight excluding hydrogens is 445 g/mol. The largest absolute Gasteiger partial charge is 0.389 e. The van der Waals surface area contributed by atoms with Gasteiger partial charge in [0.1, 0.15) is 33.9 Å². The van der Waals surface area contributed by atoms with Crippen molar-refractivity contribution in [3.63, 3.8) is 0 Å². The predicted octanol–water partition coefficient (Wildman–Crippen LogP) is 3.17. The van der Waals surface area contributed by atoms with Crippen LogP contribution in [0, 0.1) is 11.6 Å². The van der Waals surface area contributed by atoms with Gasteiger partial charge >= 0.3 is 0 Å². The summed E-state index contributed by atoms with van der Waals surface area (Å²) in [5.41, 5.74) is 12.0. The Bertz CT molecular complexity index is 1120. The molecule has 4 rings (SSSR count). The third-order valence-electron chi connectivity index (χ3n) is 5.24. The van der Waals surface area contributed by atoms with Crippen molar-refractivity contribution in [1.82, 2.24) is 14.8 Å². The topological polar surface area (TPSA) is 121 Å². The molecule has 1 fully saturated rings. The Morgan fingerprint density at radius 2 is 2.03 bits per heavy atom. The van der Waals surface area contributed by atoms with Gasteiger partial charge in [0, 0.05) is 7.05 Å². The van der Waals surface area contributed by atoms with Crippen molar-refractivity contribution in [3.8, 4) is 10.6 Å². The molecule has 3 heterocycles. The summed E-state index contributed by atoms with van der Waals surface area (Å²) >= 11 is 0.800. The molecule has 0 saturated carbocycles. The van der Waals surface area contributed by atoms with E-state index in [2.05, 4.69) is 15.4 Å². The lowest BCUT2D eigenvalue weighted by Crippen LogP contribution is -2.34. The van der Waals surface area contributed by atoms with Crippen LogP contribution in [0.15, 0.2) is 24.4 Å². The van der Waals surface area contributed by atoms with Crippen molar-refractivity contribution in [1.29, 1.82) is 0 Å². The van der Waals surface area contributed by atoms with Crippen molar-refractivity contribution in [2.24, 2.45) is 12.8 Å². The van der Waals surface area contributed by atoms with E-state index in [0.717, 1.165) is 23.5 Å². The number of alkyl halides is 1. The maximum absolute atomic E-state index is 14.1. The standard InChI is InChI=1S/C20H21F3N6O2S/c1-29-17(14-6-5-9(21)12(24)8-31-14)13(7-26-29)27-19(30)16-18(25)32-20(28-16)15-10(22)3-2-4-11(15)23/h2-4,7,9,12,14H,5-6,8,24-25H2,1H3,(H,27,30)/t9-,12-,14+/m0/s1. The molecule has 0 spiro atoms. The van der Waals surface area contributed by atoms with Crippen LogP contribution in [0.5, 0.6) is 0 Å². The second-order valence-corrected chi connectivity index (χ2v) is 8.46. The predicted molar refractivity (Wildman–Crippen MR) is 114 cm³/mol. The van der Waals surface area contributed by atoms with Gasteiger partial charge < -0.3 is 21.5 Å². The minimum absolute atomic E-state index is 0.00237. The zero-order valence-electron chi connectivity index (χ0n) is 17.0. The zero-order chi connectivity index (χ0) is 23.0. The van der Waals surface area contributed by atoms with Crippen molar-refractivity contribution < 1.29 is 22.7 Å². The zero-order valence-corrected chi connectivity index (χ0v) is 17.8. The molecule has 1 aromatic carbocycles. The Morgan fingerprint density at radius 1 is 1.31 bits per heavy atom. The van der Waals surface area contributed by atoms with Gasteiger partial charge in [-0.15, -0.1) is 0 Å². The SMILES string of the molecule is Cn1ncc(NC(=O)c2nc(-c3c(F)cccc3F)sc2N)c1[C@H]1CC[C@H](F)[C@@H](N)CO1. The Hall–Kier alpha value is -2.96. The third kappa shape index (κ3) is 4.20. The average molecular weight is 466 g/mol. The van der Waals surface area contributed by atoms with E-state index in [1.165, 1.54) is 16.9 Å². The first-order chi connectivity index (χ1) is 15.3. The van der Waals surface area contributed by atoms with Gasteiger partial charge in [0.15, 0.2) is 5.69 Å². The number of aryl methyl sites for hydroxylation is 1. The number of hydrogen-bond acceptors (Lipinski definition) is 7. The van der Waals surface area contributed by atoms with Crippen LogP contribution in [0.25, 0.3) is 10.6 Å². The first-order valence-electron chi connectivity index (χ1n) is 9.81. The van der Waals surface area contributed by atoms with E-state index in [4.69, 9.17) is 16.2 Å². The molecule has 5 N–H and O–H groups in total. The van der Waals surface area contributed by atoms with Crippen LogP contribution in [0.4, 0.5) is 23.9 Å². The molecule has 3 atom stereocenters. The number of nitrogens with one attached hydrogen (secondary N) is 1. The number of hydrogen-bond donors (Lipinski definition) is 3. The summed E-state index contributed by atoms with van der Waals surface area (Å²) in [4.78, 5) is 16.9. The van der Waals surface area contributed by atoms with E-state index in [1.54, 1.807) is 7.05 Å². The van der Waals surface area contributed by atoms with Gasteiger partial charge in [0.05, 0.1) is 35.8 Å². The van der Waals surface area contributed by atoms with Gasteiger partial charge in [-0.25, -0.2) is 18.2 Å². The number of anilines is 2. The van der Waals surface area contributed by atoms with E-state index >= 15 is 0 Å². The lowest BCUT2D eigenvalue weighted by molar-refractivity contribution is 0.0447. The van der Waals surface area contributed by atoms with E-state index < -0.39 is 35.9 Å². The number of aromatic nitrogens is 3. The molecule has 170 valence electrons. The molecule has 0 radical (unpaired) electrons. The molecule has 0 unspecified atom stereocenters. The summed E-state index contributed by atoms with van der Waals surface area (Å²) in [7, 11) is 1.67. The van der Waals surface area contributed by atoms with Gasteiger partial charge in [-0.2, -0.15) is 5.10 Å². The summed E-state index contributed by atoms with van der Waals surface area (Å²) in [5.74, 6) is -2.30. The third-order valence-corrected chi connectivity index (χ3v) is 6.14. The molecule has 3 aromatic rings. The Balaban J connectivity index is 1.59. The van der Waals surface area contributed by atoms with Crippen LogP contribution in [0.2, 0.25) is 0 Å². The normalized spacial score (nSPS) is 21.3. The molecule has 8 nitrogen and oxygen atoms in total.